The van der Waals surface area contributed by atoms with Crippen LogP contribution in [0.4, 0.5) is 0 Å². The van der Waals surface area contributed by atoms with Crippen LogP contribution in [-0.4, -0.2) is 20.8 Å². The van der Waals surface area contributed by atoms with Gasteiger partial charge in [0.15, 0.2) is 0 Å². The largest absolute Gasteiger partial charge is 0.385 e. The molecule has 1 aromatic rings. The van der Waals surface area contributed by atoms with E-state index in [1.54, 1.807) is 14.2 Å². The standard InChI is InChI=1S/C9H12O.C3H8O.CH4/c1-8-3-5-9(6-4-8)7-10-2;1-3-4-2;/h3-6H,7H2,1-2H3;3H2,1-2H3;1H4. The molecule has 2 heteroatoms. The molecule has 0 aliphatic heterocycles. The third-order valence-corrected chi connectivity index (χ3v) is 1.72. The lowest BCUT2D eigenvalue weighted by Crippen LogP contribution is -1.85. The lowest BCUT2D eigenvalue weighted by molar-refractivity contribution is 0.185. The third-order valence-electron chi connectivity index (χ3n) is 1.72. The van der Waals surface area contributed by atoms with Crippen molar-refractivity contribution in [2.24, 2.45) is 0 Å². The van der Waals surface area contributed by atoms with Crippen LogP contribution in [0.15, 0.2) is 24.3 Å². The summed E-state index contributed by atoms with van der Waals surface area (Å²) in [7, 11) is 3.39. The summed E-state index contributed by atoms with van der Waals surface area (Å²) in [5.74, 6) is 0. The lowest BCUT2D eigenvalue weighted by atomic mass is 10.2. The fourth-order valence-corrected chi connectivity index (χ4v) is 0.851. The van der Waals surface area contributed by atoms with Gasteiger partial charge in [-0.3, -0.25) is 0 Å². The van der Waals surface area contributed by atoms with Crippen molar-refractivity contribution in [3.63, 3.8) is 0 Å². The minimum atomic E-state index is 0. The Kier molecular flexibility index (Phi) is 12.4. The first kappa shape index (κ1) is 16.6. The van der Waals surface area contributed by atoms with E-state index in [0.29, 0.717) is 6.61 Å². The highest BCUT2D eigenvalue weighted by Crippen LogP contribution is 2.03. The number of benzene rings is 1. The van der Waals surface area contributed by atoms with Gasteiger partial charge >= 0.3 is 0 Å². The van der Waals surface area contributed by atoms with E-state index in [1.807, 2.05) is 6.92 Å². The van der Waals surface area contributed by atoms with E-state index < -0.39 is 0 Å². The second-order valence-corrected chi connectivity index (χ2v) is 3.00. The summed E-state index contributed by atoms with van der Waals surface area (Å²) in [6.45, 7) is 5.57. The predicted molar refractivity (Wildman–Crippen MR) is 66.2 cm³/mol. The monoisotopic (exact) mass is 212 g/mol. The SMILES string of the molecule is C.CCOC.COCc1ccc(C)cc1. The molecule has 0 fully saturated rings. The number of aryl methyl sites for hydroxylation is 1. The molecule has 1 aromatic carbocycles. The molecule has 88 valence electrons. The first-order valence-corrected chi connectivity index (χ1v) is 4.78. The maximum Gasteiger partial charge on any atom is 0.0713 e. The first-order chi connectivity index (χ1) is 6.74. The molecule has 0 atom stereocenters. The summed E-state index contributed by atoms with van der Waals surface area (Å²) in [5.41, 5.74) is 2.52. The van der Waals surface area contributed by atoms with Crippen LogP contribution in [0.2, 0.25) is 0 Å². The minimum absolute atomic E-state index is 0. The summed E-state index contributed by atoms with van der Waals surface area (Å²) in [6.07, 6.45) is 0. The summed E-state index contributed by atoms with van der Waals surface area (Å²) < 4.78 is 9.51. The minimum Gasteiger partial charge on any atom is -0.385 e. The van der Waals surface area contributed by atoms with Gasteiger partial charge in [0.2, 0.25) is 0 Å². The van der Waals surface area contributed by atoms with E-state index in [2.05, 4.69) is 35.9 Å². The fourth-order valence-electron chi connectivity index (χ4n) is 0.851. The third kappa shape index (κ3) is 9.44. The van der Waals surface area contributed by atoms with Crippen molar-refractivity contribution < 1.29 is 9.47 Å². The molecule has 0 bridgehead atoms. The van der Waals surface area contributed by atoms with Gasteiger partial charge in [-0.2, -0.15) is 0 Å². The van der Waals surface area contributed by atoms with E-state index in [1.165, 1.54) is 11.1 Å². The normalized spacial score (nSPS) is 8.53. The van der Waals surface area contributed by atoms with Crippen LogP contribution in [0.3, 0.4) is 0 Å². The highest BCUT2D eigenvalue weighted by molar-refractivity contribution is 5.20. The summed E-state index contributed by atoms with van der Waals surface area (Å²) in [4.78, 5) is 0. The van der Waals surface area contributed by atoms with E-state index in [4.69, 9.17) is 4.74 Å². The Morgan fingerprint density at radius 2 is 1.47 bits per heavy atom. The van der Waals surface area contributed by atoms with E-state index in [-0.39, 0.29) is 7.43 Å². The zero-order valence-electron chi connectivity index (χ0n) is 9.54. The molecule has 0 unspecified atom stereocenters. The average Bonchev–Trinajstić information content (AvgIpc) is 2.22. The molecule has 0 amide bonds. The lowest BCUT2D eigenvalue weighted by Gasteiger charge is -1.98. The number of rotatable bonds is 3. The summed E-state index contributed by atoms with van der Waals surface area (Å²) >= 11 is 0. The van der Waals surface area contributed by atoms with Gasteiger partial charge in [0.1, 0.15) is 0 Å². The quantitative estimate of drug-likeness (QED) is 0.764. The summed E-state index contributed by atoms with van der Waals surface area (Å²) in [5, 5.41) is 0. The predicted octanol–water partition coefficient (Wildman–Crippen LogP) is 3.43. The van der Waals surface area contributed by atoms with Crippen molar-refractivity contribution in [3.05, 3.63) is 35.4 Å². The van der Waals surface area contributed by atoms with Crippen LogP contribution < -0.4 is 0 Å². The van der Waals surface area contributed by atoms with Crippen molar-refractivity contribution in [2.45, 2.75) is 27.9 Å². The second kappa shape index (κ2) is 11.2. The molecule has 2 nitrogen and oxygen atoms in total. The molecule has 0 radical (unpaired) electrons. The fraction of sp³-hybridized carbons (Fsp3) is 0.538. The van der Waals surface area contributed by atoms with Crippen molar-refractivity contribution in [2.75, 3.05) is 20.8 Å². The molecule has 0 aliphatic rings. The molecule has 0 spiro atoms. The van der Waals surface area contributed by atoms with Crippen molar-refractivity contribution in [1.82, 2.24) is 0 Å². The van der Waals surface area contributed by atoms with Crippen LogP contribution >= 0.6 is 0 Å². The van der Waals surface area contributed by atoms with Gasteiger partial charge in [-0.25, -0.2) is 0 Å². The topological polar surface area (TPSA) is 18.5 Å². The zero-order chi connectivity index (χ0) is 10.8. The Morgan fingerprint density at radius 3 is 1.80 bits per heavy atom. The molecule has 0 N–H and O–H groups in total. The molecule has 15 heavy (non-hydrogen) atoms. The van der Waals surface area contributed by atoms with Gasteiger partial charge < -0.3 is 9.47 Å². The van der Waals surface area contributed by atoms with Gasteiger partial charge in [-0.05, 0) is 19.4 Å². The number of ether oxygens (including phenoxy) is 2. The van der Waals surface area contributed by atoms with Gasteiger partial charge in [-0.15, -0.1) is 0 Å². The Balaban J connectivity index is 0. The van der Waals surface area contributed by atoms with Crippen LogP contribution in [0.25, 0.3) is 0 Å². The maximum atomic E-state index is 4.97. The number of hydrogen-bond acceptors (Lipinski definition) is 2. The molecular formula is C13H24O2. The number of hydrogen-bond donors (Lipinski definition) is 0. The van der Waals surface area contributed by atoms with Gasteiger partial charge in [0.05, 0.1) is 6.61 Å². The average molecular weight is 212 g/mol. The molecule has 1 rings (SSSR count). The molecule has 0 aliphatic carbocycles. The van der Waals surface area contributed by atoms with Crippen LogP contribution in [-0.2, 0) is 16.1 Å². The Labute approximate surface area is 94.2 Å². The van der Waals surface area contributed by atoms with Gasteiger partial charge in [0, 0.05) is 20.8 Å². The zero-order valence-corrected chi connectivity index (χ0v) is 9.54. The van der Waals surface area contributed by atoms with Crippen LogP contribution in [0.1, 0.15) is 25.5 Å². The Hall–Kier alpha value is -0.860. The second-order valence-electron chi connectivity index (χ2n) is 3.00. The van der Waals surface area contributed by atoms with Crippen molar-refractivity contribution >= 4 is 0 Å². The Morgan fingerprint density at radius 1 is 1.00 bits per heavy atom. The highest BCUT2D eigenvalue weighted by Gasteiger charge is 1.88. The molecule has 0 saturated heterocycles. The van der Waals surface area contributed by atoms with Gasteiger partial charge in [0.25, 0.3) is 0 Å². The first-order valence-electron chi connectivity index (χ1n) is 4.78. The van der Waals surface area contributed by atoms with Gasteiger partial charge in [-0.1, -0.05) is 37.3 Å². The van der Waals surface area contributed by atoms with Crippen LogP contribution in [0, 0.1) is 6.92 Å². The molecule has 0 heterocycles. The van der Waals surface area contributed by atoms with E-state index in [0.717, 1.165) is 6.61 Å². The smallest absolute Gasteiger partial charge is 0.0713 e. The molecule has 0 aromatic heterocycles. The molecule has 0 saturated carbocycles. The highest BCUT2D eigenvalue weighted by atomic mass is 16.5. The van der Waals surface area contributed by atoms with E-state index >= 15 is 0 Å². The molecular weight excluding hydrogens is 188 g/mol. The summed E-state index contributed by atoms with van der Waals surface area (Å²) in [6, 6.07) is 8.35. The van der Waals surface area contributed by atoms with E-state index in [9.17, 15) is 0 Å². The maximum absolute atomic E-state index is 4.97. The Bertz CT molecular complexity index is 214. The number of methoxy groups -OCH3 is 2. The van der Waals surface area contributed by atoms with Crippen molar-refractivity contribution in [1.29, 1.82) is 0 Å². The van der Waals surface area contributed by atoms with Crippen LogP contribution in [0.5, 0.6) is 0 Å². The van der Waals surface area contributed by atoms with Crippen molar-refractivity contribution in [3.8, 4) is 0 Å².